The predicted molar refractivity (Wildman–Crippen MR) is 88.7 cm³/mol. The Morgan fingerprint density at radius 2 is 1.91 bits per heavy atom. The van der Waals surface area contributed by atoms with Crippen LogP contribution in [-0.4, -0.2) is 42.0 Å². The van der Waals surface area contributed by atoms with E-state index >= 15 is 0 Å². The molecule has 1 aliphatic heterocycles. The van der Waals surface area contributed by atoms with Crippen molar-refractivity contribution in [2.24, 2.45) is 0 Å². The molecule has 1 fully saturated rings. The van der Waals surface area contributed by atoms with Crippen molar-refractivity contribution in [1.29, 1.82) is 0 Å². The highest BCUT2D eigenvalue weighted by atomic mass is 16.5. The van der Waals surface area contributed by atoms with Crippen molar-refractivity contribution < 1.29 is 9.53 Å². The maximum absolute atomic E-state index is 12.6. The first-order valence-corrected chi connectivity index (χ1v) is 7.91. The van der Waals surface area contributed by atoms with E-state index in [1.54, 1.807) is 30.6 Å². The third-order valence-corrected chi connectivity index (χ3v) is 4.16. The van der Waals surface area contributed by atoms with Gasteiger partial charge in [0.15, 0.2) is 0 Å². The molecule has 1 aromatic carbocycles. The lowest BCUT2D eigenvalue weighted by molar-refractivity contribution is 0.0707. The second-order valence-electron chi connectivity index (χ2n) is 5.67. The highest BCUT2D eigenvalue weighted by Gasteiger charge is 2.22. The molecule has 1 aromatic heterocycles. The van der Waals surface area contributed by atoms with Gasteiger partial charge in [-0.05, 0) is 50.2 Å². The molecule has 2 heterocycles. The van der Waals surface area contributed by atoms with Gasteiger partial charge >= 0.3 is 0 Å². The van der Waals surface area contributed by atoms with Gasteiger partial charge in [-0.3, -0.25) is 9.78 Å². The SMILES string of the molecule is CNC1CCN(C(=O)c2cccc(Oc3ccncc3)c2)CC1. The summed E-state index contributed by atoms with van der Waals surface area (Å²) in [4.78, 5) is 18.5. The Morgan fingerprint density at radius 3 is 2.61 bits per heavy atom. The number of carbonyl (C=O) groups excluding carboxylic acids is 1. The first-order chi connectivity index (χ1) is 11.3. The van der Waals surface area contributed by atoms with Crippen LogP contribution in [0.5, 0.6) is 11.5 Å². The van der Waals surface area contributed by atoms with Gasteiger partial charge in [0, 0.05) is 37.1 Å². The van der Waals surface area contributed by atoms with Gasteiger partial charge in [0.1, 0.15) is 11.5 Å². The number of amides is 1. The Labute approximate surface area is 136 Å². The first kappa shape index (κ1) is 15.5. The molecule has 0 aliphatic carbocycles. The van der Waals surface area contributed by atoms with E-state index in [-0.39, 0.29) is 5.91 Å². The predicted octanol–water partition coefficient (Wildman–Crippen LogP) is 2.70. The number of nitrogens with one attached hydrogen (secondary N) is 1. The minimum Gasteiger partial charge on any atom is -0.457 e. The third-order valence-electron chi connectivity index (χ3n) is 4.16. The van der Waals surface area contributed by atoms with Gasteiger partial charge in [-0.25, -0.2) is 0 Å². The highest BCUT2D eigenvalue weighted by Crippen LogP contribution is 2.22. The smallest absolute Gasteiger partial charge is 0.253 e. The number of aromatic nitrogens is 1. The summed E-state index contributed by atoms with van der Waals surface area (Å²) < 4.78 is 5.77. The van der Waals surface area contributed by atoms with Crippen molar-refractivity contribution in [3.8, 4) is 11.5 Å². The van der Waals surface area contributed by atoms with Crippen LogP contribution in [0.3, 0.4) is 0 Å². The topological polar surface area (TPSA) is 54.5 Å². The summed E-state index contributed by atoms with van der Waals surface area (Å²) in [6, 6.07) is 11.4. The molecular weight excluding hydrogens is 290 g/mol. The molecule has 1 aliphatic rings. The van der Waals surface area contributed by atoms with Crippen LogP contribution in [0.25, 0.3) is 0 Å². The van der Waals surface area contributed by atoms with E-state index in [0.717, 1.165) is 25.9 Å². The fraction of sp³-hybridized carbons (Fsp3) is 0.333. The number of pyridine rings is 1. The standard InChI is InChI=1S/C18H21N3O2/c1-19-15-7-11-21(12-8-15)18(22)14-3-2-4-17(13-14)23-16-5-9-20-10-6-16/h2-6,9-10,13,15,19H,7-8,11-12H2,1H3. The number of hydrogen-bond acceptors (Lipinski definition) is 4. The Balaban J connectivity index is 1.68. The molecule has 5 nitrogen and oxygen atoms in total. The third kappa shape index (κ3) is 3.87. The lowest BCUT2D eigenvalue weighted by Crippen LogP contribution is -2.43. The minimum atomic E-state index is 0.0692. The Bertz CT molecular complexity index is 652. The second-order valence-corrected chi connectivity index (χ2v) is 5.67. The van der Waals surface area contributed by atoms with Crippen molar-refractivity contribution in [3.63, 3.8) is 0 Å². The maximum atomic E-state index is 12.6. The van der Waals surface area contributed by atoms with E-state index in [9.17, 15) is 4.79 Å². The summed E-state index contributed by atoms with van der Waals surface area (Å²) >= 11 is 0. The fourth-order valence-electron chi connectivity index (χ4n) is 2.79. The van der Waals surface area contributed by atoms with E-state index < -0.39 is 0 Å². The average molecular weight is 311 g/mol. The van der Waals surface area contributed by atoms with Gasteiger partial charge in [0.05, 0.1) is 0 Å². The van der Waals surface area contributed by atoms with E-state index in [1.807, 2.05) is 30.1 Å². The number of piperidine rings is 1. The van der Waals surface area contributed by atoms with Crippen LogP contribution in [0.2, 0.25) is 0 Å². The molecule has 0 saturated carbocycles. The molecule has 0 spiro atoms. The monoisotopic (exact) mass is 311 g/mol. The van der Waals surface area contributed by atoms with Crippen molar-refractivity contribution in [1.82, 2.24) is 15.2 Å². The summed E-state index contributed by atoms with van der Waals surface area (Å²) in [5, 5.41) is 3.28. The van der Waals surface area contributed by atoms with Crippen LogP contribution < -0.4 is 10.1 Å². The number of nitrogens with zero attached hydrogens (tertiary/aromatic N) is 2. The zero-order chi connectivity index (χ0) is 16.1. The minimum absolute atomic E-state index is 0.0692. The van der Waals surface area contributed by atoms with Gasteiger partial charge in [-0.2, -0.15) is 0 Å². The maximum Gasteiger partial charge on any atom is 0.253 e. The Hall–Kier alpha value is -2.40. The number of likely N-dealkylation sites (tertiary alicyclic amines) is 1. The van der Waals surface area contributed by atoms with Gasteiger partial charge in [-0.1, -0.05) is 6.07 Å². The molecule has 1 N–H and O–H groups in total. The van der Waals surface area contributed by atoms with Crippen molar-refractivity contribution in [2.45, 2.75) is 18.9 Å². The highest BCUT2D eigenvalue weighted by molar-refractivity contribution is 5.94. The molecule has 1 amide bonds. The molecule has 1 saturated heterocycles. The van der Waals surface area contributed by atoms with Gasteiger partial charge in [0.2, 0.25) is 0 Å². The van der Waals surface area contributed by atoms with Gasteiger partial charge in [-0.15, -0.1) is 0 Å². The molecule has 5 heteroatoms. The molecule has 120 valence electrons. The number of ether oxygens (including phenoxy) is 1. The molecular formula is C18H21N3O2. The summed E-state index contributed by atoms with van der Waals surface area (Å²) in [5.41, 5.74) is 0.666. The quantitative estimate of drug-likeness (QED) is 0.943. The summed E-state index contributed by atoms with van der Waals surface area (Å²) in [7, 11) is 1.97. The molecule has 0 radical (unpaired) electrons. The molecule has 23 heavy (non-hydrogen) atoms. The van der Waals surface area contributed by atoms with E-state index in [1.165, 1.54) is 0 Å². The largest absolute Gasteiger partial charge is 0.457 e. The molecule has 0 atom stereocenters. The van der Waals surface area contributed by atoms with Crippen molar-refractivity contribution in [3.05, 3.63) is 54.4 Å². The lowest BCUT2D eigenvalue weighted by atomic mass is 10.0. The summed E-state index contributed by atoms with van der Waals surface area (Å²) in [5.74, 6) is 1.44. The Kier molecular flexibility index (Phi) is 4.88. The fourth-order valence-corrected chi connectivity index (χ4v) is 2.79. The number of rotatable bonds is 4. The van der Waals surface area contributed by atoms with Crippen LogP contribution >= 0.6 is 0 Å². The van der Waals surface area contributed by atoms with Crippen LogP contribution in [-0.2, 0) is 0 Å². The molecule has 3 rings (SSSR count). The number of benzene rings is 1. The molecule has 0 bridgehead atoms. The van der Waals surface area contributed by atoms with Crippen LogP contribution in [0.1, 0.15) is 23.2 Å². The van der Waals surface area contributed by atoms with Gasteiger partial charge < -0.3 is 15.0 Å². The summed E-state index contributed by atoms with van der Waals surface area (Å²) in [6.07, 6.45) is 5.34. The Morgan fingerprint density at radius 1 is 1.17 bits per heavy atom. The first-order valence-electron chi connectivity index (χ1n) is 7.91. The van der Waals surface area contributed by atoms with Crippen LogP contribution in [0.15, 0.2) is 48.8 Å². The van der Waals surface area contributed by atoms with Crippen molar-refractivity contribution >= 4 is 5.91 Å². The van der Waals surface area contributed by atoms with E-state index in [4.69, 9.17) is 4.74 Å². The van der Waals surface area contributed by atoms with Crippen LogP contribution in [0.4, 0.5) is 0 Å². The average Bonchev–Trinajstić information content (AvgIpc) is 2.62. The zero-order valence-corrected chi connectivity index (χ0v) is 13.2. The number of carbonyl (C=O) groups is 1. The van der Waals surface area contributed by atoms with Crippen molar-refractivity contribution in [2.75, 3.05) is 20.1 Å². The van der Waals surface area contributed by atoms with E-state index in [0.29, 0.717) is 23.1 Å². The number of hydrogen-bond donors (Lipinski definition) is 1. The molecule has 2 aromatic rings. The summed E-state index contributed by atoms with van der Waals surface area (Å²) in [6.45, 7) is 1.58. The zero-order valence-electron chi connectivity index (χ0n) is 13.2. The normalized spacial score (nSPS) is 15.4. The lowest BCUT2D eigenvalue weighted by Gasteiger charge is -2.31. The van der Waals surface area contributed by atoms with Gasteiger partial charge in [0.25, 0.3) is 5.91 Å². The second kappa shape index (κ2) is 7.24. The molecule has 0 unspecified atom stereocenters. The van der Waals surface area contributed by atoms with Crippen LogP contribution in [0, 0.1) is 0 Å². The van der Waals surface area contributed by atoms with E-state index in [2.05, 4.69) is 10.3 Å².